The van der Waals surface area contributed by atoms with E-state index in [9.17, 15) is 0 Å². The Hall–Kier alpha value is -1.51. The summed E-state index contributed by atoms with van der Waals surface area (Å²) >= 11 is 0. The molecule has 1 aromatic rings. The van der Waals surface area contributed by atoms with Gasteiger partial charge in [-0.05, 0) is 50.2 Å². The Morgan fingerprint density at radius 1 is 1.59 bits per heavy atom. The molecule has 2 rings (SSSR count). The fourth-order valence-electron chi connectivity index (χ4n) is 2.53. The number of aryl methyl sites for hydroxylation is 2. The normalized spacial score (nSPS) is 19.9. The number of allylic oxidation sites excluding steroid dienone is 1. The SMILES string of the molecule is CN/C=C(\N)CC1CCc2ccc(C)nc2C1. The van der Waals surface area contributed by atoms with Crippen molar-refractivity contribution in [2.24, 2.45) is 11.7 Å². The van der Waals surface area contributed by atoms with E-state index < -0.39 is 0 Å². The standard InChI is InChI=1S/C14H21N3/c1-10-3-5-12-6-4-11(8-14(12)17-10)7-13(15)9-16-2/h3,5,9,11,16H,4,6-8,15H2,1-2H3/b13-9-. The third kappa shape index (κ3) is 2.99. The lowest BCUT2D eigenvalue weighted by atomic mass is 9.84. The van der Waals surface area contributed by atoms with Crippen molar-refractivity contribution < 1.29 is 0 Å². The average molecular weight is 231 g/mol. The van der Waals surface area contributed by atoms with Crippen LogP contribution in [-0.2, 0) is 12.8 Å². The van der Waals surface area contributed by atoms with E-state index in [1.54, 1.807) is 0 Å². The average Bonchev–Trinajstić information content (AvgIpc) is 2.28. The minimum absolute atomic E-state index is 0.640. The first-order valence-corrected chi connectivity index (χ1v) is 6.26. The Morgan fingerprint density at radius 3 is 3.18 bits per heavy atom. The molecule has 0 fully saturated rings. The van der Waals surface area contributed by atoms with Crippen LogP contribution in [0.5, 0.6) is 0 Å². The summed E-state index contributed by atoms with van der Waals surface area (Å²) in [6.45, 7) is 2.05. The lowest BCUT2D eigenvalue weighted by Gasteiger charge is -2.24. The number of pyridine rings is 1. The van der Waals surface area contributed by atoms with Crippen molar-refractivity contribution in [3.8, 4) is 0 Å². The van der Waals surface area contributed by atoms with Gasteiger partial charge in [-0.3, -0.25) is 4.98 Å². The fraction of sp³-hybridized carbons (Fsp3) is 0.500. The van der Waals surface area contributed by atoms with Crippen LogP contribution in [0.2, 0.25) is 0 Å². The lowest BCUT2D eigenvalue weighted by Crippen LogP contribution is -2.19. The minimum Gasteiger partial charge on any atom is -0.401 e. The fourth-order valence-corrected chi connectivity index (χ4v) is 2.53. The van der Waals surface area contributed by atoms with E-state index in [1.165, 1.54) is 17.7 Å². The Morgan fingerprint density at radius 2 is 2.41 bits per heavy atom. The van der Waals surface area contributed by atoms with Crippen LogP contribution in [0.1, 0.15) is 29.8 Å². The Kier molecular flexibility index (Phi) is 3.67. The van der Waals surface area contributed by atoms with Crippen LogP contribution in [0.4, 0.5) is 0 Å². The predicted octanol–water partition coefficient (Wildman–Crippen LogP) is 1.90. The molecule has 0 aromatic carbocycles. The highest BCUT2D eigenvalue weighted by molar-refractivity contribution is 5.25. The zero-order chi connectivity index (χ0) is 12.3. The van der Waals surface area contributed by atoms with E-state index in [-0.39, 0.29) is 0 Å². The molecule has 0 spiro atoms. The molecule has 0 saturated heterocycles. The van der Waals surface area contributed by atoms with Crippen molar-refractivity contribution in [2.75, 3.05) is 7.05 Å². The molecule has 0 radical (unpaired) electrons. The lowest BCUT2D eigenvalue weighted by molar-refractivity contribution is 0.444. The van der Waals surface area contributed by atoms with Gasteiger partial charge >= 0.3 is 0 Å². The number of nitrogens with one attached hydrogen (secondary N) is 1. The van der Waals surface area contributed by atoms with Gasteiger partial charge in [0, 0.05) is 30.3 Å². The summed E-state index contributed by atoms with van der Waals surface area (Å²) in [6, 6.07) is 4.33. The molecule has 0 aliphatic heterocycles. The minimum atomic E-state index is 0.640. The molecule has 17 heavy (non-hydrogen) atoms. The number of aromatic nitrogens is 1. The zero-order valence-corrected chi connectivity index (χ0v) is 10.7. The highest BCUT2D eigenvalue weighted by atomic mass is 14.8. The second kappa shape index (κ2) is 5.21. The maximum Gasteiger partial charge on any atom is 0.0441 e. The first kappa shape index (κ1) is 12.0. The van der Waals surface area contributed by atoms with Gasteiger partial charge in [-0.15, -0.1) is 0 Å². The summed E-state index contributed by atoms with van der Waals surface area (Å²) in [5, 5.41) is 2.98. The van der Waals surface area contributed by atoms with Crippen molar-refractivity contribution >= 4 is 0 Å². The van der Waals surface area contributed by atoms with Gasteiger partial charge in [0.05, 0.1) is 0 Å². The van der Waals surface area contributed by atoms with Crippen LogP contribution in [0.3, 0.4) is 0 Å². The van der Waals surface area contributed by atoms with Gasteiger partial charge in [-0.2, -0.15) is 0 Å². The summed E-state index contributed by atoms with van der Waals surface area (Å²) in [5.74, 6) is 0.640. The molecular weight excluding hydrogens is 210 g/mol. The highest BCUT2D eigenvalue weighted by Crippen LogP contribution is 2.27. The van der Waals surface area contributed by atoms with Gasteiger partial charge in [0.2, 0.25) is 0 Å². The highest BCUT2D eigenvalue weighted by Gasteiger charge is 2.20. The molecule has 0 amide bonds. The zero-order valence-electron chi connectivity index (χ0n) is 10.7. The van der Waals surface area contributed by atoms with Crippen LogP contribution in [-0.4, -0.2) is 12.0 Å². The maximum absolute atomic E-state index is 5.94. The number of nitrogens with zero attached hydrogens (tertiary/aromatic N) is 1. The molecule has 3 heteroatoms. The van der Waals surface area contributed by atoms with Gasteiger partial charge < -0.3 is 11.1 Å². The monoisotopic (exact) mass is 231 g/mol. The Labute approximate surface area is 103 Å². The second-order valence-corrected chi connectivity index (χ2v) is 4.88. The van der Waals surface area contributed by atoms with Gasteiger partial charge in [0.15, 0.2) is 0 Å². The largest absolute Gasteiger partial charge is 0.401 e. The molecule has 0 bridgehead atoms. The van der Waals surface area contributed by atoms with E-state index in [2.05, 4.69) is 29.4 Å². The van der Waals surface area contributed by atoms with Gasteiger partial charge in [-0.25, -0.2) is 0 Å². The number of nitrogens with two attached hydrogens (primary N) is 1. The van der Waals surface area contributed by atoms with E-state index in [1.807, 2.05) is 13.2 Å². The molecule has 1 aliphatic carbocycles. The summed E-state index contributed by atoms with van der Waals surface area (Å²) in [4.78, 5) is 4.64. The molecule has 3 nitrogen and oxygen atoms in total. The Balaban J connectivity index is 2.05. The van der Waals surface area contributed by atoms with Crippen LogP contribution in [0.15, 0.2) is 24.0 Å². The van der Waals surface area contributed by atoms with Gasteiger partial charge in [-0.1, -0.05) is 6.07 Å². The van der Waals surface area contributed by atoms with Gasteiger partial charge in [0.1, 0.15) is 0 Å². The van der Waals surface area contributed by atoms with E-state index >= 15 is 0 Å². The molecular formula is C14H21N3. The summed E-state index contributed by atoms with van der Waals surface area (Å²) in [7, 11) is 1.88. The van der Waals surface area contributed by atoms with Crippen LogP contribution in [0.25, 0.3) is 0 Å². The third-order valence-corrected chi connectivity index (χ3v) is 3.37. The van der Waals surface area contributed by atoms with Crippen molar-refractivity contribution in [2.45, 2.75) is 32.6 Å². The first-order valence-electron chi connectivity index (χ1n) is 6.26. The topological polar surface area (TPSA) is 50.9 Å². The number of hydrogen-bond donors (Lipinski definition) is 2. The van der Waals surface area contributed by atoms with Crippen LogP contribution < -0.4 is 11.1 Å². The summed E-state index contributed by atoms with van der Waals surface area (Å²) in [5.41, 5.74) is 10.7. The number of rotatable bonds is 3. The van der Waals surface area contributed by atoms with E-state index in [4.69, 9.17) is 5.73 Å². The summed E-state index contributed by atoms with van der Waals surface area (Å²) in [6.07, 6.45) is 6.28. The number of fused-ring (bicyclic) bond motifs is 1. The molecule has 0 saturated carbocycles. The molecule has 1 unspecified atom stereocenters. The quantitative estimate of drug-likeness (QED) is 0.835. The third-order valence-electron chi connectivity index (χ3n) is 3.37. The molecule has 1 atom stereocenters. The summed E-state index contributed by atoms with van der Waals surface area (Å²) < 4.78 is 0. The molecule has 3 N–H and O–H groups in total. The molecule has 92 valence electrons. The first-order chi connectivity index (χ1) is 8.19. The Bertz CT molecular complexity index is 423. The van der Waals surface area contributed by atoms with Crippen molar-refractivity contribution in [1.29, 1.82) is 0 Å². The maximum atomic E-state index is 5.94. The molecule has 1 aliphatic rings. The van der Waals surface area contributed by atoms with E-state index in [0.717, 1.165) is 30.7 Å². The van der Waals surface area contributed by atoms with Crippen LogP contribution in [0, 0.1) is 12.8 Å². The van der Waals surface area contributed by atoms with Crippen molar-refractivity contribution in [3.63, 3.8) is 0 Å². The van der Waals surface area contributed by atoms with E-state index in [0.29, 0.717) is 5.92 Å². The van der Waals surface area contributed by atoms with Crippen LogP contribution >= 0.6 is 0 Å². The number of hydrogen-bond acceptors (Lipinski definition) is 3. The second-order valence-electron chi connectivity index (χ2n) is 4.88. The predicted molar refractivity (Wildman–Crippen MR) is 70.4 cm³/mol. The smallest absolute Gasteiger partial charge is 0.0441 e. The van der Waals surface area contributed by atoms with Gasteiger partial charge in [0.25, 0.3) is 0 Å². The van der Waals surface area contributed by atoms with Crippen molar-refractivity contribution in [3.05, 3.63) is 41.0 Å². The molecule has 1 aromatic heterocycles. The van der Waals surface area contributed by atoms with Crippen molar-refractivity contribution in [1.82, 2.24) is 10.3 Å². The molecule has 1 heterocycles.